The highest BCUT2D eigenvalue weighted by atomic mass is 16.5. The van der Waals surface area contributed by atoms with Crippen molar-refractivity contribution in [2.75, 3.05) is 6.54 Å². The molecule has 2 aromatic heterocycles. The maximum absolute atomic E-state index is 4.65. The smallest absolute Gasteiger partial charge is 0.213 e. The summed E-state index contributed by atoms with van der Waals surface area (Å²) in [5.41, 5.74) is 1.19. The molecule has 0 spiro atoms. The predicted molar refractivity (Wildman–Crippen MR) is 57.6 cm³/mol. The minimum absolute atomic E-state index is 0.733. The summed E-state index contributed by atoms with van der Waals surface area (Å²) in [5, 5.41) is 11.2. The highest BCUT2D eigenvalue weighted by Crippen LogP contribution is 1.97. The lowest BCUT2D eigenvalue weighted by Crippen LogP contribution is -2.16. The van der Waals surface area contributed by atoms with Crippen LogP contribution in [0.3, 0.4) is 0 Å². The molecule has 0 unspecified atom stereocenters. The largest absolute Gasteiger partial charge is 0.343 e. The zero-order valence-electron chi connectivity index (χ0n) is 9.26. The van der Waals surface area contributed by atoms with Crippen molar-refractivity contribution < 1.29 is 4.52 Å². The number of hydrogen-bond acceptors (Lipinski definition) is 5. The summed E-state index contributed by atoms with van der Waals surface area (Å²) in [6, 6.07) is 0. The summed E-state index contributed by atoms with van der Waals surface area (Å²) in [6.07, 6.45) is 6.05. The summed E-state index contributed by atoms with van der Waals surface area (Å²) >= 11 is 0. The molecule has 2 aromatic rings. The number of nitrogens with one attached hydrogen (secondary N) is 1. The van der Waals surface area contributed by atoms with Gasteiger partial charge in [0.05, 0.1) is 6.20 Å². The van der Waals surface area contributed by atoms with Crippen molar-refractivity contribution in [3.05, 3.63) is 30.2 Å². The third kappa shape index (κ3) is 2.90. The van der Waals surface area contributed by atoms with E-state index in [0.717, 1.165) is 31.9 Å². The number of aromatic nitrogens is 4. The molecule has 0 aliphatic rings. The van der Waals surface area contributed by atoms with Crippen LogP contribution in [-0.2, 0) is 19.5 Å². The van der Waals surface area contributed by atoms with E-state index in [9.17, 15) is 0 Å². The Bertz CT molecular complexity index is 409. The molecule has 0 saturated heterocycles. The van der Waals surface area contributed by atoms with Crippen LogP contribution in [0.1, 0.15) is 18.3 Å². The standard InChI is InChI=1S/C10H15N5O/c1-2-15-7-9(6-13-15)5-11-4-3-10-12-8-16-14-10/h6-8,11H,2-5H2,1H3. The van der Waals surface area contributed by atoms with E-state index in [2.05, 4.69) is 32.0 Å². The van der Waals surface area contributed by atoms with Gasteiger partial charge in [-0.15, -0.1) is 0 Å². The summed E-state index contributed by atoms with van der Waals surface area (Å²) in [5.74, 6) is 0.733. The van der Waals surface area contributed by atoms with Crippen molar-refractivity contribution in [2.45, 2.75) is 26.4 Å². The first-order chi connectivity index (χ1) is 7.88. The summed E-state index contributed by atoms with van der Waals surface area (Å²) < 4.78 is 6.56. The van der Waals surface area contributed by atoms with E-state index in [-0.39, 0.29) is 0 Å². The van der Waals surface area contributed by atoms with E-state index in [4.69, 9.17) is 0 Å². The Hall–Kier alpha value is -1.69. The van der Waals surface area contributed by atoms with Crippen molar-refractivity contribution in [3.8, 4) is 0 Å². The molecule has 2 rings (SSSR count). The van der Waals surface area contributed by atoms with Gasteiger partial charge in [-0.1, -0.05) is 5.16 Å². The molecule has 0 saturated carbocycles. The number of aryl methyl sites for hydroxylation is 1. The zero-order valence-corrected chi connectivity index (χ0v) is 9.26. The number of rotatable bonds is 6. The van der Waals surface area contributed by atoms with Crippen LogP contribution in [0.4, 0.5) is 0 Å². The van der Waals surface area contributed by atoms with Gasteiger partial charge in [0.2, 0.25) is 6.39 Å². The highest BCUT2D eigenvalue weighted by molar-refractivity contribution is 5.03. The quantitative estimate of drug-likeness (QED) is 0.724. The molecule has 0 fully saturated rings. The van der Waals surface area contributed by atoms with Gasteiger partial charge in [0.15, 0.2) is 5.82 Å². The van der Waals surface area contributed by atoms with Crippen molar-refractivity contribution >= 4 is 0 Å². The molecule has 0 aliphatic carbocycles. The van der Waals surface area contributed by atoms with Crippen molar-refractivity contribution in [1.29, 1.82) is 0 Å². The van der Waals surface area contributed by atoms with Crippen LogP contribution < -0.4 is 5.32 Å². The van der Waals surface area contributed by atoms with Crippen molar-refractivity contribution in [2.24, 2.45) is 0 Å². The molecular formula is C10H15N5O. The molecule has 0 radical (unpaired) electrons. The molecule has 6 heteroatoms. The third-order valence-electron chi connectivity index (χ3n) is 2.27. The minimum Gasteiger partial charge on any atom is -0.343 e. The van der Waals surface area contributed by atoms with Crippen LogP contribution in [0.2, 0.25) is 0 Å². The Labute approximate surface area is 93.7 Å². The summed E-state index contributed by atoms with van der Waals surface area (Å²) in [7, 11) is 0. The average molecular weight is 221 g/mol. The molecule has 0 amide bonds. The molecule has 16 heavy (non-hydrogen) atoms. The first-order valence-electron chi connectivity index (χ1n) is 5.35. The van der Waals surface area contributed by atoms with Gasteiger partial charge in [0.1, 0.15) is 0 Å². The van der Waals surface area contributed by atoms with Gasteiger partial charge in [-0.2, -0.15) is 10.1 Å². The van der Waals surface area contributed by atoms with E-state index < -0.39 is 0 Å². The summed E-state index contributed by atoms with van der Waals surface area (Å²) in [6.45, 7) is 4.62. The number of nitrogens with zero attached hydrogens (tertiary/aromatic N) is 4. The fourth-order valence-corrected chi connectivity index (χ4v) is 1.41. The molecule has 0 aromatic carbocycles. The van der Waals surface area contributed by atoms with E-state index in [1.165, 1.54) is 12.0 Å². The van der Waals surface area contributed by atoms with Crippen LogP contribution in [0.25, 0.3) is 0 Å². The van der Waals surface area contributed by atoms with Crippen LogP contribution in [0.5, 0.6) is 0 Å². The van der Waals surface area contributed by atoms with E-state index in [1.54, 1.807) is 0 Å². The Kier molecular flexibility index (Phi) is 3.66. The molecule has 1 N–H and O–H groups in total. The third-order valence-corrected chi connectivity index (χ3v) is 2.27. The van der Waals surface area contributed by atoms with Gasteiger partial charge in [-0.25, -0.2) is 0 Å². The predicted octanol–water partition coefficient (Wildman–Crippen LogP) is 0.618. The van der Waals surface area contributed by atoms with Crippen LogP contribution in [0, 0.1) is 0 Å². The van der Waals surface area contributed by atoms with E-state index in [0.29, 0.717) is 0 Å². The molecule has 2 heterocycles. The van der Waals surface area contributed by atoms with Gasteiger partial charge in [0.25, 0.3) is 0 Å². The Morgan fingerprint density at radius 2 is 2.44 bits per heavy atom. The first kappa shape index (κ1) is 10.8. The van der Waals surface area contributed by atoms with Gasteiger partial charge in [-0.05, 0) is 6.92 Å². The van der Waals surface area contributed by atoms with Gasteiger partial charge in [-0.3, -0.25) is 4.68 Å². The molecule has 0 aliphatic heterocycles. The maximum Gasteiger partial charge on any atom is 0.213 e. The number of hydrogen-bond donors (Lipinski definition) is 1. The molecule has 86 valence electrons. The normalized spacial score (nSPS) is 10.8. The summed E-state index contributed by atoms with van der Waals surface area (Å²) in [4.78, 5) is 3.94. The zero-order chi connectivity index (χ0) is 11.2. The van der Waals surface area contributed by atoms with Crippen LogP contribution >= 0.6 is 0 Å². The second kappa shape index (κ2) is 5.41. The lowest BCUT2D eigenvalue weighted by molar-refractivity contribution is 0.409. The van der Waals surface area contributed by atoms with Gasteiger partial charge >= 0.3 is 0 Å². The lowest BCUT2D eigenvalue weighted by Gasteiger charge is -1.99. The van der Waals surface area contributed by atoms with E-state index in [1.807, 2.05) is 17.1 Å². The molecular weight excluding hydrogens is 206 g/mol. The van der Waals surface area contributed by atoms with Crippen LogP contribution in [0.15, 0.2) is 23.3 Å². The second-order valence-corrected chi connectivity index (χ2v) is 3.48. The van der Waals surface area contributed by atoms with Crippen molar-refractivity contribution in [1.82, 2.24) is 25.2 Å². The monoisotopic (exact) mass is 221 g/mol. The minimum atomic E-state index is 0.733. The molecule has 0 bridgehead atoms. The molecule has 6 nitrogen and oxygen atoms in total. The fraction of sp³-hybridized carbons (Fsp3) is 0.500. The average Bonchev–Trinajstić information content (AvgIpc) is 2.95. The topological polar surface area (TPSA) is 68.8 Å². The van der Waals surface area contributed by atoms with Crippen LogP contribution in [-0.4, -0.2) is 26.5 Å². The fourth-order valence-electron chi connectivity index (χ4n) is 1.41. The second-order valence-electron chi connectivity index (χ2n) is 3.48. The Morgan fingerprint density at radius 3 is 3.12 bits per heavy atom. The molecule has 0 atom stereocenters. The maximum atomic E-state index is 4.65. The SMILES string of the molecule is CCn1cc(CNCCc2ncon2)cn1. The van der Waals surface area contributed by atoms with Gasteiger partial charge in [0, 0.05) is 37.8 Å². The highest BCUT2D eigenvalue weighted by Gasteiger charge is 1.99. The van der Waals surface area contributed by atoms with Crippen molar-refractivity contribution in [3.63, 3.8) is 0 Å². The first-order valence-corrected chi connectivity index (χ1v) is 5.35. The lowest BCUT2D eigenvalue weighted by atomic mass is 10.3. The Morgan fingerprint density at radius 1 is 1.50 bits per heavy atom. The van der Waals surface area contributed by atoms with Gasteiger partial charge < -0.3 is 9.84 Å². The van der Waals surface area contributed by atoms with E-state index >= 15 is 0 Å². The Balaban J connectivity index is 1.68.